The van der Waals surface area contributed by atoms with E-state index < -0.39 is 18.0 Å². The first kappa shape index (κ1) is 12.0. The van der Waals surface area contributed by atoms with Gasteiger partial charge in [-0.2, -0.15) is 0 Å². The highest BCUT2D eigenvalue weighted by atomic mass is 32.2. The van der Waals surface area contributed by atoms with E-state index in [0.717, 1.165) is 11.8 Å². The number of methoxy groups -OCH3 is 1. The van der Waals surface area contributed by atoms with Crippen molar-refractivity contribution in [2.24, 2.45) is 5.73 Å². The Morgan fingerprint density at radius 2 is 2.31 bits per heavy atom. The van der Waals surface area contributed by atoms with E-state index in [-0.39, 0.29) is 5.75 Å². The maximum absolute atomic E-state index is 10.5. The number of carboxylic acids is 1. The molecular formula is C7H11NO4S. The van der Waals surface area contributed by atoms with Gasteiger partial charge in [0.05, 0.1) is 7.11 Å². The minimum absolute atomic E-state index is 0.225. The molecule has 5 nitrogen and oxygen atoms in total. The van der Waals surface area contributed by atoms with Crippen molar-refractivity contribution in [3.63, 3.8) is 0 Å². The Bertz CT molecular complexity index is 217. The number of esters is 1. The molecule has 0 rings (SSSR count). The van der Waals surface area contributed by atoms with Crippen molar-refractivity contribution in [3.05, 3.63) is 11.5 Å². The molecule has 0 aromatic carbocycles. The molecule has 0 saturated heterocycles. The number of hydrogen-bond donors (Lipinski definition) is 2. The summed E-state index contributed by atoms with van der Waals surface area (Å²) in [6.07, 6.45) is 1.21. The molecule has 0 spiro atoms. The second-order valence-electron chi connectivity index (χ2n) is 2.10. The number of hydrogen-bond acceptors (Lipinski definition) is 5. The molecule has 0 heterocycles. The average molecular weight is 205 g/mol. The Hall–Kier alpha value is -1.01. The molecule has 1 atom stereocenters. The summed E-state index contributed by atoms with van der Waals surface area (Å²) >= 11 is 1.15. The third-order valence-corrected chi connectivity index (χ3v) is 1.97. The van der Waals surface area contributed by atoms with Gasteiger partial charge in [0.15, 0.2) is 0 Å². The molecule has 0 aromatic rings. The molecule has 0 aliphatic heterocycles. The highest BCUT2D eigenvalue weighted by Gasteiger charge is 2.09. The van der Waals surface area contributed by atoms with E-state index >= 15 is 0 Å². The molecule has 0 amide bonds. The van der Waals surface area contributed by atoms with E-state index in [1.807, 2.05) is 0 Å². The Morgan fingerprint density at radius 3 is 2.77 bits per heavy atom. The van der Waals surface area contributed by atoms with Crippen LogP contribution in [0.5, 0.6) is 0 Å². The van der Waals surface area contributed by atoms with Crippen LogP contribution in [0.25, 0.3) is 0 Å². The fourth-order valence-corrected chi connectivity index (χ4v) is 1.07. The molecular weight excluding hydrogens is 194 g/mol. The van der Waals surface area contributed by atoms with Gasteiger partial charge in [-0.15, -0.1) is 11.8 Å². The minimum Gasteiger partial charge on any atom is -0.480 e. The van der Waals surface area contributed by atoms with Gasteiger partial charge in [-0.3, -0.25) is 4.79 Å². The first-order valence-corrected chi connectivity index (χ1v) is 4.47. The smallest absolute Gasteiger partial charge is 0.330 e. The van der Waals surface area contributed by atoms with Gasteiger partial charge in [-0.1, -0.05) is 0 Å². The standard InChI is InChI=1S/C7H11NO4S/c1-12-6(9)2-3-13-4-5(8)7(10)11/h2-3,5H,4,8H2,1H3,(H,10,11)/b3-2+. The Morgan fingerprint density at radius 1 is 1.69 bits per heavy atom. The fourth-order valence-electron chi connectivity index (χ4n) is 0.402. The van der Waals surface area contributed by atoms with Crippen molar-refractivity contribution < 1.29 is 19.4 Å². The predicted molar refractivity (Wildman–Crippen MR) is 49.2 cm³/mol. The van der Waals surface area contributed by atoms with Crippen LogP contribution >= 0.6 is 11.8 Å². The van der Waals surface area contributed by atoms with Gasteiger partial charge in [0.2, 0.25) is 0 Å². The highest BCUT2D eigenvalue weighted by molar-refractivity contribution is 8.02. The predicted octanol–water partition coefficient (Wildman–Crippen LogP) is -0.182. The van der Waals surface area contributed by atoms with Gasteiger partial charge in [0, 0.05) is 11.8 Å². The molecule has 0 aromatic heterocycles. The lowest BCUT2D eigenvalue weighted by atomic mass is 10.4. The van der Waals surface area contributed by atoms with Crippen LogP contribution < -0.4 is 5.73 Å². The molecule has 3 N–H and O–H groups in total. The van der Waals surface area contributed by atoms with E-state index in [0.29, 0.717) is 0 Å². The molecule has 0 bridgehead atoms. The third kappa shape index (κ3) is 6.18. The summed E-state index contributed by atoms with van der Waals surface area (Å²) in [7, 11) is 1.26. The zero-order chi connectivity index (χ0) is 10.3. The number of carboxylic acid groups (broad SMARTS) is 1. The van der Waals surface area contributed by atoms with Gasteiger partial charge in [0.25, 0.3) is 0 Å². The molecule has 0 aliphatic carbocycles. The largest absolute Gasteiger partial charge is 0.480 e. The van der Waals surface area contributed by atoms with Crippen molar-refractivity contribution in [1.29, 1.82) is 0 Å². The Balaban J connectivity index is 3.61. The van der Waals surface area contributed by atoms with Crippen LogP contribution in [-0.2, 0) is 14.3 Å². The average Bonchev–Trinajstić information content (AvgIpc) is 2.11. The maximum atomic E-state index is 10.5. The fraction of sp³-hybridized carbons (Fsp3) is 0.429. The summed E-state index contributed by atoms with van der Waals surface area (Å²) in [6.45, 7) is 0. The van der Waals surface area contributed by atoms with Crippen LogP contribution in [-0.4, -0.2) is 35.9 Å². The lowest BCUT2D eigenvalue weighted by Gasteiger charge is -2.01. The van der Waals surface area contributed by atoms with Gasteiger partial charge < -0.3 is 15.6 Å². The zero-order valence-electron chi connectivity index (χ0n) is 7.10. The Labute approximate surface area is 79.9 Å². The number of aliphatic carboxylic acids is 1. The van der Waals surface area contributed by atoms with Crippen LogP contribution in [0.2, 0.25) is 0 Å². The number of carbonyl (C=O) groups excluding carboxylic acids is 1. The van der Waals surface area contributed by atoms with E-state index in [1.54, 1.807) is 0 Å². The van der Waals surface area contributed by atoms with Crippen molar-refractivity contribution in [1.82, 2.24) is 0 Å². The quantitative estimate of drug-likeness (QED) is 0.478. The molecule has 0 radical (unpaired) electrons. The normalized spacial score (nSPS) is 12.8. The van der Waals surface area contributed by atoms with Crippen molar-refractivity contribution in [2.45, 2.75) is 6.04 Å². The lowest BCUT2D eigenvalue weighted by Crippen LogP contribution is -2.32. The summed E-state index contributed by atoms with van der Waals surface area (Å²) in [5.74, 6) is -1.31. The zero-order valence-corrected chi connectivity index (χ0v) is 7.91. The highest BCUT2D eigenvalue weighted by Crippen LogP contribution is 2.03. The van der Waals surface area contributed by atoms with Crippen LogP contribution in [0.3, 0.4) is 0 Å². The first-order valence-electron chi connectivity index (χ1n) is 3.42. The van der Waals surface area contributed by atoms with E-state index in [1.165, 1.54) is 18.6 Å². The Kier molecular flexibility index (Phi) is 5.99. The van der Waals surface area contributed by atoms with Crippen LogP contribution in [0.4, 0.5) is 0 Å². The van der Waals surface area contributed by atoms with E-state index in [4.69, 9.17) is 10.8 Å². The molecule has 6 heteroatoms. The van der Waals surface area contributed by atoms with Crippen molar-refractivity contribution in [3.8, 4) is 0 Å². The summed E-state index contributed by atoms with van der Waals surface area (Å²) in [5.41, 5.74) is 5.20. The van der Waals surface area contributed by atoms with Crippen LogP contribution in [0.1, 0.15) is 0 Å². The topological polar surface area (TPSA) is 89.6 Å². The molecule has 0 aliphatic rings. The number of rotatable bonds is 5. The number of thioether (sulfide) groups is 1. The lowest BCUT2D eigenvalue weighted by molar-refractivity contribution is -0.138. The van der Waals surface area contributed by atoms with Crippen molar-refractivity contribution >= 4 is 23.7 Å². The molecule has 13 heavy (non-hydrogen) atoms. The van der Waals surface area contributed by atoms with Gasteiger partial charge in [-0.05, 0) is 5.41 Å². The maximum Gasteiger partial charge on any atom is 0.330 e. The monoisotopic (exact) mass is 205 g/mol. The first-order chi connectivity index (χ1) is 6.07. The van der Waals surface area contributed by atoms with Gasteiger partial charge >= 0.3 is 11.9 Å². The second-order valence-corrected chi connectivity index (χ2v) is 3.04. The summed E-state index contributed by atoms with van der Waals surface area (Å²) < 4.78 is 4.32. The third-order valence-electron chi connectivity index (χ3n) is 1.09. The van der Waals surface area contributed by atoms with E-state index in [9.17, 15) is 9.59 Å². The summed E-state index contributed by atoms with van der Waals surface area (Å²) in [5, 5.41) is 9.84. The minimum atomic E-state index is -1.06. The van der Waals surface area contributed by atoms with Gasteiger partial charge in [0.1, 0.15) is 6.04 Å². The molecule has 74 valence electrons. The number of ether oxygens (including phenoxy) is 1. The molecule has 0 fully saturated rings. The van der Waals surface area contributed by atoms with Crippen molar-refractivity contribution in [2.75, 3.05) is 12.9 Å². The molecule has 0 saturated carbocycles. The SMILES string of the molecule is COC(=O)/C=C/SCC(N)C(=O)O. The number of nitrogens with two attached hydrogens (primary N) is 1. The second kappa shape index (κ2) is 6.50. The van der Waals surface area contributed by atoms with E-state index in [2.05, 4.69) is 4.74 Å². The summed E-state index contributed by atoms with van der Waals surface area (Å²) in [6, 6.07) is -0.910. The van der Waals surface area contributed by atoms with Crippen LogP contribution in [0, 0.1) is 0 Å². The summed E-state index contributed by atoms with van der Waals surface area (Å²) in [4.78, 5) is 20.7. The van der Waals surface area contributed by atoms with Crippen LogP contribution in [0.15, 0.2) is 11.5 Å². The van der Waals surface area contributed by atoms with Gasteiger partial charge in [-0.25, -0.2) is 4.79 Å². The molecule has 1 unspecified atom stereocenters. The number of carbonyl (C=O) groups is 2.